The molecule has 0 bridgehead atoms. The molecule has 2 rings (SSSR count). The molecule has 0 aliphatic heterocycles. The summed E-state index contributed by atoms with van der Waals surface area (Å²) in [5.41, 5.74) is 6.64. The lowest BCUT2D eigenvalue weighted by Crippen LogP contribution is -2.26. The van der Waals surface area contributed by atoms with Gasteiger partial charge in [0.05, 0.1) is 4.90 Å². The number of hydrogen-bond donors (Lipinski definition) is 2. The minimum Gasteiger partial charge on any atom is -0.398 e. The van der Waals surface area contributed by atoms with Crippen LogP contribution in [0.5, 0.6) is 0 Å². The first kappa shape index (κ1) is 12.7. The van der Waals surface area contributed by atoms with Crippen molar-refractivity contribution in [3.05, 3.63) is 22.7 Å². The van der Waals surface area contributed by atoms with Crippen LogP contribution in [-0.4, -0.2) is 15.0 Å². The summed E-state index contributed by atoms with van der Waals surface area (Å²) in [5.74, 6) is 0.488. The van der Waals surface area contributed by atoms with Crippen LogP contribution in [0.15, 0.2) is 17.0 Å². The van der Waals surface area contributed by atoms with Gasteiger partial charge in [-0.3, -0.25) is 0 Å². The van der Waals surface area contributed by atoms with Crippen molar-refractivity contribution in [1.82, 2.24) is 4.72 Å². The van der Waals surface area contributed by atoms with Gasteiger partial charge in [0, 0.05) is 17.3 Å². The lowest BCUT2D eigenvalue weighted by atomic mass is 10.2. The lowest BCUT2D eigenvalue weighted by Gasteiger charge is -2.11. The van der Waals surface area contributed by atoms with E-state index in [9.17, 15) is 8.42 Å². The largest absolute Gasteiger partial charge is 0.398 e. The number of hydrogen-bond acceptors (Lipinski definition) is 3. The van der Waals surface area contributed by atoms with Crippen molar-refractivity contribution >= 4 is 27.3 Å². The summed E-state index contributed by atoms with van der Waals surface area (Å²) in [5, 5.41) is 0.333. The molecule has 0 radical (unpaired) electrons. The maximum atomic E-state index is 12.1. The van der Waals surface area contributed by atoms with E-state index in [0.717, 1.165) is 12.8 Å². The predicted octanol–water partition coefficient (Wildman–Crippen LogP) is 1.92. The van der Waals surface area contributed by atoms with Crippen LogP contribution < -0.4 is 10.5 Å². The number of nitrogen functional groups attached to an aromatic ring is 1. The molecule has 94 valence electrons. The third kappa shape index (κ3) is 2.91. The van der Waals surface area contributed by atoms with Crippen molar-refractivity contribution in [2.75, 3.05) is 12.3 Å². The van der Waals surface area contributed by atoms with Crippen LogP contribution in [0.25, 0.3) is 0 Å². The average molecular weight is 275 g/mol. The van der Waals surface area contributed by atoms with Gasteiger partial charge >= 0.3 is 0 Å². The highest BCUT2D eigenvalue weighted by Crippen LogP contribution is 2.29. The summed E-state index contributed by atoms with van der Waals surface area (Å²) < 4.78 is 26.7. The van der Waals surface area contributed by atoms with Gasteiger partial charge in [0.2, 0.25) is 10.0 Å². The molecule has 0 atom stereocenters. The molecule has 6 heteroatoms. The summed E-state index contributed by atoms with van der Waals surface area (Å²) in [6, 6.07) is 2.99. The molecule has 1 aliphatic carbocycles. The summed E-state index contributed by atoms with van der Waals surface area (Å²) in [7, 11) is -3.51. The van der Waals surface area contributed by atoms with Gasteiger partial charge in [0.15, 0.2) is 0 Å². The van der Waals surface area contributed by atoms with Crippen molar-refractivity contribution in [3.8, 4) is 0 Å². The van der Waals surface area contributed by atoms with Crippen LogP contribution in [0.2, 0.25) is 5.02 Å². The third-order valence-corrected chi connectivity index (χ3v) is 4.68. The summed E-state index contributed by atoms with van der Waals surface area (Å²) in [6.07, 6.45) is 2.19. The van der Waals surface area contributed by atoms with E-state index in [1.54, 1.807) is 13.0 Å². The van der Waals surface area contributed by atoms with E-state index in [4.69, 9.17) is 17.3 Å². The van der Waals surface area contributed by atoms with Gasteiger partial charge < -0.3 is 5.73 Å². The molecule has 0 unspecified atom stereocenters. The number of anilines is 1. The molecular formula is C11H15ClN2O2S. The molecule has 1 saturated carbocycles. The quantitative estimate of drug-likeness (QED) is 0.824. The second kappa shape index (κ2) is 4.48. The van der Waals surface area contributed by atoms with Gasteiger partial charge in [-0.1, -0.05) is 11.6 Å². The van der Waals surface area contributed by atoms with Gasteiger partial charge in [-0.25, -0.2) is 13.1 Å². The van der Waals surface area contributed by atoms with Crippen LogP contribution in [0.1, 0.15) is 18.4 Å². The molecule has 0 spiro atoms. The zero-order valence-electron chi connectivity index (χ0n) is 9.53. The molecule has 0 heterocycles. The lowest BCUT2D eigenvalue weighted by molar-refractivity contribution is 0.577. The summed E-state index contributed by atoms with van der Waals surface area (Å²) in [6.45, 7) is 2.17. The SMILES string of the molecule is Cc1c(N)cc(Cl)cc1S(=O)(=O)NCC1CC1. The maximum absolute atomic E-state index is 12.1. The number of halogens is 1. The number of nitrogens with two attached hydrogens (primary N) is 1. The minimum atomic E-state index is -3.51. The topological polar surface area (TPSA) is 72.2 Å². The Morgan fingerprint density at radius 2 is 2.12 bits per heavy atom. The highest BCUT2D eigenvalue weighted by molar-refractivity contribution is 7.89. The summed E-state index contributed by atoms with van der Waals surface area (Å²) in [4.78, 5) is 0.170. The van der Waals surface area contributed by atoms with E-state index in [-0.39, 0.29) is 4.90 Å². The Kier molecular flexibility index (Phi) is 3.34. The van der Waals surface area contributed by atoms with Crippen molar-refractivity contribution in [1.29, 1.82) is 0 Å². The Balaban J connectivity index is 2.30. The van der Waals surface area contributed by atoms with E-state index in [1.807, 2.05) is 0 Å². The highest BCUT2D eigenvalue weighted by atomic mass is 35.5. The molecule has 0 amide bonds. The highest BCUT2D eigenvalue weighted by Gasteiger charge is 2.25. The number of benzene rings is 1. The van der Waals surface area contributed by atoms with E-state index in [2.05, 4.69) is 4.72 Å². The van der Waals surface area contributed by atoms with Gasteiger partial charge in [-0.05, 0) is 43.4 Å². The predicted molar refractivity (Wildman–Crippen MR) is 68.5 cm³/mol. The first-order chi connectivity index (χ1) is 7.90. The van der Waals surface area contributed by atoms with Crippen LogP contribution in [0, 0.1) is 12.8 Å². The second-order valence-corrected chi connectivity index (χ2v) is 6.59. The Labute approximate surface area is 106 Å². The van der Waals surface area contributed by atoms with Crippen LogP contribution >= 0.6 is 11.6 Å². The average Bonchev–Trinajstić information content (AvgIpc) is 3.04. The smallest absolute Gasteiger partial charge is 0.240 e. The molecule has 4 nitrogen and oxygen atoms in total. The molecule has 3 N–H and O–H groups in total. The second-order valence-electron chi connectivity index (χ2n) is 4.41. The monoisotopic (exact) mass is 274 g/mol. The molecule has 1 aromatic rings. The van der Waals surface area contributed by atoms with Crippen molar-refractivity contribution in [2.45, 2.75) is 24.7 Å². The molecule has 1 aliphatic rings. The van der Waals surface area contributed by atoms with Crippen LogP contribution in [0.3, 0.4) is 0 Å². The Morgan fingerprint density at radius 3 is 2.71 bits per heavy atom. The molecular weight excluding hydrogens is 260 g/mol. The fourth-order valence-corrected chi connectivity index (χ4v) is 3.29. The number of nitrogens with one attached hydrogen (secondary N) is 1. The van der Waals surface area contributed by atoms with Gasteiger partial charge in [0.25, 0.3) is 0 Å². The van der Waals surface area contributed by atoms with Crippen LogP contribution in [0.4, 0.5) is 5.69 Å². The summed E-state index contributed by atoms with van der Waals surface area (Å²) >= 11 is 5.83. The van der Waals surface area contributed by atoms with E-state index < -0.39 is 10.0 Å². The zero-order chi connectivity index (χ0) is 12.6. The minimum absolute atomic E-state index is 0.170. The molecule has 1 aromatic carbocycles. The van der Waals surface area contributed by atoms with Crippen molar-refractivity contribution in [3.63, 3.8) is 0 Å². The zero-order valence-corrected chi connectivity index (χ0v) is 11.1. The van der Waals surface area contributed by atoms with E-state index in [0.29, 0.717) is 28.7 Å². The number of sulfonamides is 1. The first-order valence-electron chi connectivity index (χ1n) is 5.45. The molecule has 17 heavy (non-hydrogen) atoms. The molecule has 0 saturated heterocycles. The van der Waals surface area contributed by atoms with E-state index in [1.165, 1.54) is 6.07 Å². The van der Waals surface area contributed by atoms with E-state index >= 15 is 0 Å². The number of rotatable bonds is 4. The van der Waals surface area contributed by atoms with Gasteiger partial charge in [-0.15, -0.1) is 0 Å². The van der Waals surface area contributed by atoms with Crippen molar-refractivity contribution in [2.24, 2.45) is 5.92 Å². The Morgan fingerprint density at radius 1 is 1.47 bits per heavy atom. The van der Waals surface area contributed by atoms with Gasteiger partial charge in [-0.2, -0.15) is 0 Å². The fourth-order valence-electron chi connectivity index (χ4n) is 1.58. The maximum Gasteiger partial charge on any atom is 0.240 e. The normalized spacial score (nSPS) is 16.1. The van der Waals surface area contributed by atoms with Crippen LogP contribution in [-0.2, 0) is 10.0 Å². The molecule has 0 aromatic heterocycles. The standard InChI is InChI=1S/C11H15ClN2O2S/c1-7-10(13)4-9(12)5-11(7)17(15,16)14-6-8-2-3-8/h4-5,8,14H,2-3,6,13H2,1H3. The Bertz CT molecular complexity index is 539. The Hall–Kier alpha value is -0.780. The third-order valence-electron chi connectivity index (χ3n) is 2.91. The van der Waals surface area contributed by atoms with Gasteiger partial charge in [0.1, 0.15) is 0 Å². The van der Waals surface area contributed by atoms with Crippen molar-refractivity contribution < 1.29 is 8.42 Å². The molecule has 1 fully saturated rings. The first-order valence-corrected chi connectivity index (χ1v) is 7.31. The fraction of sp³-hybridized carbons (Fsp3) is 0.455.